The number of nitrogens with zero attached hydrogens (tertiary/aromatic N) is 5. The van der Waals surface area contributed by atoms with Crippen molar-refractivity contribution in [2.75, 3.05) is 13.1 Å². The van der Waals surface area contributed by atoms with Crippen LogP contribution in [0.3, 0.4) is 0 Å². The number of halogens is 3. The molecule has 3 aliphatic rings. The van der Waals surface area contributed by atoms with Gasteiger partial charge in [-0.05, 0) is 44.2 Å². The maximum atomic E-state index is 14.8. The Labute approximate surface area is 258 Å². The van der Waals surface area contributed by atoms with Crippen LogP contribution in [0.25, 0.3) is 11.3 Å². The molecule has 12 heteroatoms. The van der Waals surface area contributed by atoms with Crippen LogP contribution in [0.2, 0.25) is 5.02 Å². The molecule has 1 saturated heterocycles. The van der Waals surface area contributed by atoms with Crippen molar-refractivity contribution in [3.05, 3.63) is 99.7 Å². The molecule has 2 atom stereocenters. The minimum absolute atomic E-state index is 0.0637. The molecule has 1 aromatic heterocycles. The number of aliphatic imine (C=N–C) groups is 2. The number of piperazine rings is 1. The van der Waals surface area contributed by atoms with Crippen molar-refractivity contribution < 1.29 is 13.6 Å². The molecule has 0 radical (unpaired) electrons. The first kappa shape index (κ1) is 29.5. The summed E-state index contributed by atoms with van der Waals surface area (Å²) in [5, 5.41) is 14.9. The number of allylic oxidation sites excluding steroid dienone is 3. The van der Waals surface area contributed by atoms with Crippen LogP contribution in [0.4, 0.5) is 14.7 Å². The van der Waals surface area contributed by atoms with E-state index in [2.05, 4.69) is 25.6 Å². The fourth-order valence-corrected chi connectivity index (χ4v) is 5.80. The Morgan fingerprint density at radius 3 is 2.64 bits per heavy atom. The van der Waals surface area contributed by atoms with Crippen LogP contribution in [0.5, 0.6) is 0 Å². The van der Waals surface area contributed by atoms with E-state index in [1.807, 2.05) is 18.7 Å². The van der Waals surface area contributed by atoms with Crippen LogP contribution in [0, 0.1) is 17.0 Å². The summed E-state index contributed by atoms with van der Waals surface area (Å²) in [6, 6.07) is 9.11. The van der Waals surface area contributed by atoms with E-state index in [1.54, 1.807) is 42.6 Å². The lowest BCUT2D eigenvalue weighted by atomic mass is 9.95. The Morgan fingerprint density at radius 1 is 1.14 bits per heavy atom. The quantitative estimate of drug-likeness (QED) is 0.280. The largest absolute Gasteiger partial charge is 0.340 e. The van der Waals surface area contributed by atoms with Crippen LogP contribution in [-0.2, 0) is 11.3 Å². The second kappa shape index (κ2) is 12.2. The summed E-state index contributed by atoms with van der Waals surface area (Å²) in [4.78, 5) is 33.2. The Morgan fingerprint density at radius 2 is 1.89 bits per heavy atom. The molecule has 6 rings (SSSR count). The number of hydrogen-bond acceptors (Lipinski definition) is 7. The van der Waals surface area contributed by atoms with Crippen LogP contribution in [0.1, 0.15) is 37.0 Å². The lowest BCUT2D eigenvalue weighted by Gasteiger charge is -2.37. The third-order valence-corrected chi connectivity index (χ3v) is 7.78. The number of aromatic nitrogens is 2. The number of carbonyl (C=O) groups excluding carboxylic acids is 1. The molecule has 3 heterocycles. The normalized spacial score (nSPS) is 20.3. The van der Waals surface area contributed by atoms with Crippen LogP contribution < -0.4 is 10.6 Å². The van der Waals surface area contributed by atoms with Gasteiger partial charge < -0.3 is 10.2 Å². The number of hydrogen-bond donors (Lipinski definition) is 3. The summed E-state index contributed by atoms with van der Waals surface area (Å²) in [7, 11) is 0. The molecule has 2 aliphatic heterocycles. The molecule has 9 nitrogen and oxygen atoms in total. The minimum Gasteiger partial charge on any atom is -0.340 e. The van der Waals surface area contributed by atoms with Crippen molar-refractivity contribution in [3.63, 3.8) is 0 Å². The summed E-state index contributed by atoms with van der Waals surface area (Å²) in [6.45, 7) is 5.43. The topological polar surface area (TPSA) is 119 Å². The lowest BCUT2D eigenvalue weighted by molar-refractivity contribution is -0.116. The number of guanidine groups is 1. The zero-order chi connectivity index (χ0) is 31.0. The molecule has 2 aromatic carbocycles. The van der Waals surface area contributed by atoms with Gasteiger partial charge >= 0.3 is 0 Å². The van der Waals surface area contributed by atoms with Gasteiger partial charge in [-0.25, -0.2) is 23.7 Å². The van der Waals surface area contributed by atoms with Gasteiger partial charge in [0, 0.05) is 70.8 Å². The van der Waals surface area contributed by atoms with Crippen molar-refractivity contribution in [2.24, 2.45) is 9.98 Å². The first-order valence-electron chi connectivity index (χ1n) is 14.2. The zero-order valence-electron chi connectivity index (χ0n) is 24.0. The predicted octanol–water partition coefficient (Wildman–Crippen LogP) is 5.12. The number of nitrogens with one attached hydrogen (secondary N) is 3. The Balaban J connectivity index is 1.25. The van der Waals surface area contributed by atoms with Crippen molar-refractivity contribution in [1.29, 1.82) is 5.41 Å². The van der Waals surface area contributed by atoms with Gasteiger partial charge in [-0.2, -0.15) is 0 Å². The highest BCUT2D eigenvalue weighted by Crippen LogP contribution is 2.35. The van der Waals surface area contributed by atoms with Crippen molar-refractivity contribution in [1.82, 2.24) is 25.5 Å². The second-order valence-corrected chi connectivity index (χ2v) is 11.4. The lowest BCUT2D eigenvalue weighted by Crippen LogP contribution is -2.58. The van der Waals surface area contributed by atoms with E-state index in [0.717, 1.165) is 0 Å². The van der Waals surface area contributed by atoms with Crippen molar-refractivity contribution in [2.45, 2.75) is 38.9 Å². The summed E-state index contributed by atoms with van der Waals surface area (Å²) < 4.78 is 29.7. The Bertz CT molecular complexity index is 1770. The molecular formula is C32H29ClF2N8O. The number of amides is 1. The van der Waals surface area contributed by atoms with E-state index < -0.39 is 11.6 Å². The van der Waals surface area contributed by atoms with E-state index in [-0.39, 0.29) is 54.1 Å². The van der Waals surface area contributed by atoms with E-state index in [9.17, 15) is 13.6 Å². The van der Waals surface area contributed by atoms with Crippen molar-refractivity contribution >= 4 is 40.8 Å². The standard InChI is InChI=1S/C32H29ClF2N8O/c1-17-15-43(16-18(2)39-17)31(36)42-30(44)19-5-3-6-22(11-19)40-32-38-14-20-13-37-29(27-25(34)7-4-8-26(27)35)24-12-21(33)9-10-23(24)28(20)41-32/h3-10,12,14,17-18,39H,11,13,15-16H2,1-2H3,(H2,36,42,44). The maximum Gasteiger partial charge on any atom is 0.254 e. The first-order chi connectivity index (χ1) is 21.2. The first-order valence-corrected chi connectivity index (χ1v) is 14.5. The monoisotopic (exact) mass is 614 g/mol. The molecule has 224 valence electrons. The number of fused-ring (bicyclic) bond motifs is 3. The smallest absolute Gasteiger partial charge is 0.254 e. The van der Waals surface area contributed by atoms with E-state index in [4.69, 9.17) is 22.0 Å². The van der Waals surface area contributed by atoms with E-state index in [0.29, 0.717) is 51.8 Å². The fourth-order valence-electron chi connectivity index (χ4n) is 5.63. The summed E-state index contributed by atoms with van der Waals surface area (Å²) in [5.74, 6) is -1.62. The third kappa shape index (κ3) is 6.06. The molecule has 2 unspecified atom stereocenters. The highest BCUT2D eigenvalue weighted by molar-refractivity contribution is 6.31. The second-order valence-electron chi connectivity index (χ2n) is 11.0. The summed E-state index contributed by atoms with van der Waals surface area (Å²) in [6.07, 6.45) is 7.00. The van der Waals surface area contributed by atoms with Gasteiger partial charge in [0.1, 0.15) is 11.6 Å². The summed E-state index contributed by atoms with van der Waals surface area (Å²) >= 11 is 6.32. The van der Waals surface area contributed by atoms with Gasteiger partial charge in [0.05, 0.1) is 23.5 Å². The summed E-state index contributed by atoms with van der Waals surface area (Å²) in [5.41, 5.74) is 3.10. The highest BCUT2D eigenvalue weighted by Gasteiger charge is 2.27. The van der Waals surface area contributed by atoms with Crippen LogP contribution in [0.15, 0.2) is 76.4 Å². The van der Waals surface area contributed by atoms with Gasteiger partial charge in [0.25, 0.3) is 5.91 Å². The average molecular weight is 615 g/mol. The molecular weight excluding hydrogens is 586 g/mol. The Kier molecular flexibility index (Phi) is 8.15. The number of carbonyl (C=O) groups is 1. The number of benzene rings is 2. The minimum atomic E-state index is -0.733. The molecule has 3 N–H and O–H groups in total. The molecule has 0 spiro atoms. The Hall–Kier alpha value is -4.61. The van der Waals surface area contributed by atoms with E-state index in [1.165, 1.54) is 18.2 Å². The zero-order valence-corrected chi connectivity index (χ0v) is 24.8. The van der Waals surface area contributed by atoms with Gasteiger partial charge in [-0.1, -0.05) is 35.9 Å². The SMILES string of the molecule is CC1CN(C(=N)NC(=O)C2=CC=CC(=Nc3ncc4c(n3)-c3ccc(Cl)cc3C(c3c(F)cccc3F)=NC4)C2)CC(C)N1. The molecule has 3 aromatic rings. The van der Waals surface area contributed by atoms with Crippen LogP contribution in [-0.4, -0.2) is 63.3 Å². The molecule has 44 heavy (non-hydrogen) atoms. The predicted molar refractivity (Wildman–Crippen MR) is 167 cm³/mol. The van der Waals surface area contributed by atoms with Gasteiger partial charge in [0.15, 0.2) is 5.96 Å². The molecule has 1 aliphatic carbocycles. The van der Waals surface area contributed by atoms with Gasteiger partial charge in [-0.3, -0.25) is 20.5 Å². The molecule has 0 saturated carbocycles. The van der Waals surface area contributed by atoms with Crippen molar-refractivity contribution in [3.8, 4) is 11.3 Å². The van der Waals surface area contributed by atoms with Gasteiger partial charge in [0.2, 0.25) is 5.95 Å². The fraction of sp³-hybridized carbons (Fsp3) is 0.250. The van der Waals surface area contributed by atoms with E-state index >= 15 is 0 Å². The van der Waals surface area contributed by atoms with Gasteiger partial charge in [-0.15, -0.1) is 0 Å². The highest BCUT2D eigenvalue weighted by atomic mass is 35.5. The number of rotatable bonds is 3. The maximum absolute atomic E-state index is 14.8. The molecule has 0 bridgehead atoms. The van der Waals surface area contributed by atoms with Crippen LogP contribution >= 0.6 is 11.6 Å². The molecule has 1 amide bonds. The average Bonchev–Trinajstić information content (AvgIpc) is 3.13. The third-order valence-electron chi connectivity index (χ3n) is 7.55. The molecule has 1 fully saturated rings.